The average molecular weight is 323 g/mol. The van der Waals surface area contributed by atoms with Crippen molar-refractivity contribution in [1.82, 2.24) is 4.31 Å². The molecule has 0 aromatic heterocycles. The van der Waals surface area contributed by atoms with Crippen LogP contribution in [-0.4, -0.2) is 35.0 Å². The van der Waals surface area contributed by atoms with E-state index < -0.39 is 21.2 Å². The van der Waals surface area contributed by atoms with Crippen molar-refractivity contribution in [1.29, 1.82) is 0 Å². The second-order valence-electron chi connectivity index (χ2n) is 7.49. The minimum absolute atomic E-state index is 0.0810. The molecule has 5 heteroatoms. The molecule has 1 N–H and O–H groups in total. The number of hydrogen-bond acceptors (Lipinski definition) is 3. The van der Waals surface area contributed by atoms with Crippen molar-refractivity contribution in [3.8, 4) is 0 Å². The van der Waals surface area contributed by atoms with E-state index in [0.717, 1.165) is 24.8 Å². The van der Waals surface area contributed by atoms with E-state index in [2.05, 4.69) is 6.92 Å². The predicted molar refractivity (Wildman–Crippen MR) is 86.0 cm³/mol. The number of nitrogens with zero attached hydrogens (tertiary/aromatic N) is 1. The molecule has 1 aliphatic carbocycles. The Morgan fingerprint density at radius 3 is 2.41 bits per heavy atom. The maximum atomic E-state index is 13.0. The Kier molecular flexibility index (Phi) is 3.48. The quantitative estimate of drug-likeness (QED) is 0.870. The molecule has 4 nitrogen and oxygen atoms in total. The molecule has 22 heavy (non-hydrogen) atoms. The van der Waals surface area contributed by atoms with Gasteiger partial charge < -0.3 is 5.11 Å². The Morgan fingerprint density at radius 2 is 1.86 bits per heavy atom. The summed E-state index contributed by atoms with van der Waals surface area (Å²) in [6.07, 6.45) is 2.52. The minimum Gasteiger partial charge on any atom is -0.388 e. The standard InChI is InChI=1S/C17H25NO3S/c1-12-5-7-14(8-6-12)22(20,21)18-15-11-13(2)9-10-17(15,18)16(3,4)19/h5-8,13,15,19H,9-11H2,1-4H3/t13-,15+,17-,18?/m1/s1. The van der Waals surface area contributed by atoms with E-state index in [-0.39, 0.29) is 6.04 Å². The number of sulfonamides is 1. The first-order valence-electron chi connectivity index (χ1n) is 7.94. The van der Waals surface area contributed by atoms with E-state index in [1.54, 1.807) is 30.3 Å². The molecule has 1 saturated heterocycles. The number of hydrogen-bond donors (Lipinski definition) is 1. The molecule has 0 radical (unpaired) electrons. The lowest BCUT2D eigenvalue weighted by molar-refractivity contribution is 0.0138. The fourth-order valence-corrected chi connectivity index (χ4v) is 6.21. The summed E-state index contributed by atoms with van der Waals surface area (Å²) in [5, 5.41) is 10.6. The maximum absolute atomic E-state index is 13.0. The zero-order valence-electron chi connectivity index (χ0n) is 13.7. The third-order valence-electron chi connectivity index (χ3n) is 5.44. The molecule has 1 unspecified atom stereocenters. The van der Waals surface area contributed by atoms with Crippen LogP contribution in [0.25, 0.3) is 0 Å². The van der Waals surface area contributed by atoms with Gasteiger partial charge in [-0.15, -0.1) is 0 Å². The van der Waals surface area contributed by atoms with Crippen LogP contribution in [0.2, 0.25) is 0 Å². The zero-order chi connectivity index (χ0) is 16.3. The first-order valence-corrected chi connectivity index (χ1v) is 9.38. The van der Waals surface area contributed by atoms with Gasteiger partial charge in [-0.1, -0.05) is 24.6 Å². The van der Waals surface area contributed by atoms with Gasteiger partial charge in [0, 0.05) is 6.04 Å². The van der Waals surface area contributed by atoms with E-state index in [1.807, 2.05) is 19.1 Å². The van der Waals surface area contributed by atoms with Gasteiger partial charge in [-0.2, -0.15) is 4.31 Å². The normalized spacial score (nSPS) is 35.0. The van der Waals surface area contributed by atoms with Crippen molar-refractivity contribution in [3.05, 3.63) is 29.8 Å². The smallest absolute Gasteiger partial charge is 0.244 e. The van der Waals surface area contributed by atoms with Crippen molar-refractivity contribution >= 4 is 10.0 Å². The Bertz CT molecular complexity index is 675. The van der Waals surface area contributed by atoms with Crippen LogP contribution < -0.4 is 0 Å². The SMILES string of the molecule is Cc1ccc(S(=O)(=O)N2[C@H]3C[C@H](C)CC[C@]32C(C)(C)O)cc1. The van der Waals surface area contributed by atoms with Gasteiger partial charge in [-0.05, 0) is 58.1 Å². The van der Waals surface area contributed by atoms with E-state index in [1.165, 1.54) is 0 Å². The van der Waals surface area contributed by atoms with Crippen LogP contribution in [-0.2, 0) is 10.0 Å². The fraction of sp³-hybridized carbons (Fsp3) is 0.647. The molecule has 2 aliphatic rings. The van der Waals surface area contributed by atoms with Crippen molar-refractivity contribution < 1.29 is 13.5 Å². The molecule has 1 aromatic carbocycles. The molecule has 2 fully saturated rings. The number of rotatable bonds is 3. The molecule has 3 rings (SSSR count). The van der Waals surface area contributed by atoms with Crippen LogP contribution in [0.15, 0.2) is 29.2 Å². The minimum atomic E-state index is -3.56. The Balaban J connectivity index is 2.02. The second-order valence-corrected chi connectivity index (χ2v) is 9.31. The number of benzene rings is 1. The summed E-state index contributed by atoms with van der Waals surface area (Å²) in [4.78, 5) is 0.323. The van der Waals surface area contributed by atoms with Crippen molar-refractivity contribution in [3.63, 3.8) is 0 Å². The Labute approximate surface area is 133 Å². The highest BCUT2D eigenvalue weighted by Crippen LogP contribution is 2.60. The van der Waals surface area contributed by atoms with Gasteiger partial charge in [-0.25, -0.2) is 8.42 Å². The van der Waals surface area contributed by atoms with E-state index in [0.29, 0.717) is 10.8 Å². The lowest BCUT2D eigenvalue weighted by Crippen LogP contribution is -2.46. The first-order chi connectivity index (χ1) is 10.1. The zero-order valence-corrected chi connectivity index (χ0v) is 14.5. The summed E-state index contributed by atoms with van der Waals surface area (Å²) >= 11 is 0. The van der Waals surface area contributed by atoms with Crippen LogP contribution in [0.3, 0.4) is 0 Å². The van der Waals surface area contributed by atoms with Gasteiger partial charge in [0.2, 0.25) is 10.0 Å². The molecule has 4 atom stereocenters. The summed E-state index contributed by atoms with van der Waals surface area (Å²) in [7, 11) is -3.56. The molecule has 1 saturated carbocycles. The third-order valence-corrected chi connectivity index (χ3v) is 7.41. The molecular formula is C17H25NO3S. The summed E-state index contributed by atoms with van der Waals surface area (Å²) in [5.41, 5.74) is -0.633. The van der Waals surface area contributed by atoms with Crippen LogP contribution in [0.4, 0.5) is 0 Å². The summed E-state index contributed by atoms with van der Waals surface area (Å²) in [6.45, 7) is 7.57. The third kappa shape index (κ3) is 2.14. The molecular weight excluding hydrogens is 298 g/mol. The summed E-state index contributed by atoms with van der Waals surface area (Å²) < 4.78 is 27.7. The van der Waals surface area contributed by atoms with Crippen LogP contribution in [0, 0.1) is 12.8 Å². The number of aryl methyl sites for hydroxylation is 1. The predicted octanol–water partition coefficient (Wildman–Crippen LogP) is 2.70. The monoisotopic (exact) mass is 323 g/mol. The van der Waals surface area contributed by atoms with Crippen LogP contribution in [0.5, 0.6) is 0 Å². The summed E-state index contributed by atoms with van der Waals surface area (Å²) in [6, 6.07) is 6.88. The van der Waals surface area contributed by atoms with Gasteiger partial charge in [0.25, 0.3) is 0 Å². The van der Waals surface area contributed by atoms with Crippen LogP contribution in [0.1, 0.15) is 45.6 Å². The van der Waals surface area contributed by atoms with Crippen molar-refractivity contribution in [2.24, 2.45) is 5.92 Å². The van der Waals surface area contributed by atoms with Gasteiger partial charge in [0.05, 0.1) is 16.0 Å². The Hall–Kier alpha value is -0.910. The summed E-state index contributed by atoms with van der Waals surface area (Å²) in [5.74, 6) is 0.499. The van der Waals surface area contributed by atoms with Gasteiger partial charge in [0.1, 0.15) is 0 Å². The molecule has 1 aromatic rings. The van der Waals surface area contributed by atoms with E-state index in [9.17, 15) is 13.5 Å². The molecule has 1 heterocycles. The van der Waals surface area contributed by atoms with E-state index in [4.69, 9.17) is 0 Å². The molecule has 0 bridgehead atoms. The topological polar surface area (TPSA) is 57.4 Å². The largest absolute Gasteiger partial charge is 0.388 e. The highest BCUT2D eigenvalue weighted by molar-refractivity contribution is 7.89. The van der Waals surface area contributed by atoms with Gasteiger partial charge in [-0.3, -0.25) is 0 Å². The van der Waals surface area contributed by atoms with Crippen LogP contribution >= 0.6 is 0 Å². The number of aliphatic hydroxyl groups is 1. The lowest BCUT2D eigenvalue weighted by atomic mass is 9.75. The van der Waals surface area contributed by atoms with E-state index >= 15 is 0 Å². The molecule has 1 aliphatic heterocycles. The number of fused-ring (bicyclic) bond motifs is 1. The highest BCUT2D eigenvalue weighted by Gasteiger charge is 2.74. The van der Waals surface area contributed by atoms with Crippen molar-refractivity contribution in [2.45, 2.75) is 69.0 Å². The fourth-order valence-electron chi connectivity index (χ4n) is 4.09. The maximum Gasteiger partial charge on any atom is 0.244 e. The first kappa shape index (κ1) is 16.0. The lowest BCUT2D eigenvalue weighted by Gasteiger charge is -2.34. The van der Waals surface area contributed by atoms with Crippen molar-refractivity contribution in [2.75, 3.05) is 0 Å². The molecule has 0 amide bonds. The molecule has 122 valence electrons. The second kappa shape index (κ2) is 4.79. The average Bonchev–Trinajstić information content (AvgIpc) is 3.09. The van der Waals surface area contributed by atoms with Gasteiger partial charge in [0.15, 0.2) is 0 Å². The van der Waals surface area contributed by atoms with Gasteiger partial charge >= 0.3 is 0 Å². The molecule has 0 spiro atoms. The Morgan fingerprint density at radius 1 is 1.27 bits per heavy atom. The highest BCUT2D eigenvalue weighted by atomic mass is 32.2.